The molecule has 1 fully saturated rings. The van der Waals surface area contributed by atoms with Crippen molar-refractivity contribution in [1.29, 1.82) is 0 Å². The monoisotopic (exact) mass is 421 g/mol. The number of carbonyl (C=O) groups excluding carboxylic acids is 3. The molecule has 0 aromatic carbocycles. The van der Waals surface area contributed by atoms with Gasteiger partial charge in [-0.25, -0.2) is 4.79 Å². The fraction of sp³-hybridized carbons (Fsp3) is 0.526. The number of nitrogens with zero attached hydrogens (tertiary/aromatic N) is 2. The van der Waals surface area contributed by atoms with Gasteiger partial charge < -0.3 is 29.7 Å². The lowest BCUT2D eigenvalue weighted by molar-refractivity contribution is -0.142. The molecule has 1 aromatic heterocycles. The maximum Gasteiger partial charge on any atom is 0.341 e. The van der Waals surface area contributed by atoms with E-state index < -0.39 is 58.8 Å². The summed E-state index contributed by atoms with van der Waals surface area (Å²) in [4.78, 5) is 62.1. The van der Waals surface area contributed by atoms with Gasteiger partial charge in [0.1, 0.15) is 18.2 Å². The molecule has 11 nitrogen and oxygen atoms in total. The van der Waals surface area contributed by atoms with Crippen molar-refractivity contribution in [3.05, 3.63) is 27.7 Å². The number of methoxy groups -OCH3 is 1. The zero-order valence-electron chi connectivity index (χ0n) is 16.4. The van der Waals surface area contributed by atoms with Crippen LogP contribution in [-0.4, -0.2) is 69.2 Å². The quantitative estimate of drug-likeness (QED) is 0.547. The molecule has 162 valence electrons. The van der Waals surface area contributed by atoms with Gasteiger partial charge in [0, 0.05) is 12.2 Å². The van der Waals surface area contributed by atoms with Gasteiger partial charge in [-0.1, -0.05) is 19.3 Å². The van der Waals surface area contributed by atoms with Crippen LogP contribution >= 0.6 is 0 Å². The lowest BCUT2D eigenvalue weighted by atomic mass is 9.95. The van der Waals surface area contributed by atoms with E-state index in [9.17, 15) is 34.2 Å². The lowest BCUT2D eigenvalue weighted by Gasteiger charge is -2.37. The minimum atomic E-state index is -1.57. The van der Waals surface area contributed by atoms with Gasteiger partial charge in [0.2, 0.25) is 11.3 Å². The second-order valence-corrected chi connectivity index (χ2v) is 7.40. The van der Waals surface area contributed by atoms with Crippen LogP contribution in [0, 0.1) is 0 Å². The van der Waals surface area contributed by atoms with Gasteiger partial charge in [0.25, 0.3) is 5.91 Å². The van der Waals surface area contributed by atoms with Crippen molar-refractivity contribution in [2.45, 2.75) is 50.7 Å². The van der Waals surface area contributed by atoms with Crippen LogP contribution in [0.1, 0.15) is 53.0 Å². The summed E-state index contributed by atoms with van der Waals surface area (Å²) in [6.45, 7) is -0.795. The van der Waals surface area contributed by atoms with Gasteiger partial charge in [-0.3, -0.25) is 19.2 Å². The van der Waals surface area contributed by atoms with E-state index in [0.717, 1.165) is 54.9 Å². The molecule has 2 aliphatic rings. The summed E-state index contributed by atoms with van der Waals surface area (Å²) >= 11 is 0. The number of carboxylic acids is 1. The standard InChI is InChI=1S/C19H23N3O8/c1-30-13(23)9-22-12(17(26)20-10-5-3-2-4-6-10)8-21-7-11(19(28)29)15(24)16(25)14(21)18(22)27/h7,10,12,25H,2-6,8-9H2,1H3,(H,20,26)(H,28,29). The SMILES string of the molecule is COC(=O)CN1C(=O)c2c(O)c(=O)c(C(=O)O)cn2CC1C(=O)NC1CCCCC1. The van der Waals surface area contributed by atoms with Crippen molar-refractivity contribution in [3.8, 4) is 5.75 Å². The summed E-state index contributed by atoms with van der Waals surface area (Å²) in [7, 11) is 1.13. The molecule has 0 bridgehead atoms. The average molecular weight is 421 g/mol. The maximum absolute atomic E-state index is 13.0. The molecule has 0 saturated heterocycles. The summed E-state index contributed by atoms with van der Waals surface area (Å²) in [5.41, 5.74) is -2.42. The van der Waals surface area contributed by atoms with Gasteiger partial charge in [-0.2, -0.15) is 0 Å². The largest absolute Gasteiger partial charge is 0.503 e. The Hall–Kier alpha value is -3.37. The van der Waals surface area contributed by atoms with E-state index in [4.69, 9.17) is 0 Å². The Kier molecular flexibility index (Phi) is 6.09. The molecule has 11 heteroatoms. The van der Waals surface area contributed by atoms with Crippen LogP contribution in [0.2, 0.25) is 0 Å². The number of fused-ring (bicyclic) bond motifs is 1. The van der Waals surface area contributed by atoms with Crippen molar-refractivity contribution in [2.24, 2.45) is 0 Å². The first-order valence-corrected chi connectivity index (χ1v) is 9.62. The molecule has 1 saturated carbocycles. The van der Waals surface area contributed by atoms with E-state index in [-0.39, 0.29) is 12.6 Å². The number of aromatic nitrogens is 1. The van der Waals surface area contributed by atoms with Gasteiger partial charge in [0.15, 0.2) is 11.4 Å². The van der Waals surface area contributed by atoms with Crippen molar-refractivity contribution in [1.82, 2.24) is 14.8 Å². The van der Waals surface area contributed by atoms with Crippen LogP contribution in [0.15, 0.2) is 11.0 Å². The second-order valence-electron chi connectivity index (χ2n) is 7.40. The number of pyridine rings is 1. The second kappa shape index (κ2) is 8.56. The molecule has 30 heavy (non-hydrogen) atoms. The normalized spacial score (nSPS) is 19.2. The Balaban J connectivity index is 2.00. The third-order valence-electron chi connectivity index (χ3n) is 5.48. The van der Waals surface area contributed by atoms with E-state index in [1.807, 2.05) is 0 Å². The van der Waals surface area contributed by atoms with E-state index in [1.54, 1.807) is 0 Å². The smallest absolute Gasteiger partial charge is 0.341 e. The van der Waals surface area contributed by atoms with Crippen LogP contribution in [0.25, 0.3) is 0 Å². The third kappa shape index (κ3) is 4.00. The molecule has 3 rings (SSSR count). The number of esters is 1. The van der Waals surface area contributed by atoms with Crippen LogP contribution in [-0.2, 0) is 20.9 Å². The van der Waals surface area contributed by atoms with E-state index >= 15 is 0 Å². The molecule has 1 atom stereocenters. The van der Waals surface area contributed by atoms with Crippen LogP contribution in [0.3, 0.4) is 0 Å². The topological polar surface area (TPSA) is 155 Å². The summed E-state index contributed by atoms with van der Waals surface area (Å²) in [5, 5.41) is 22.3. The van der Waals surface area contributed by atoms with E-state index in [2.05, 4.69) is 10.1 Å². The molecule has 1 aliphatic carbocycles. The fourth-order valence-electron chi connectivity index (χ4n) is 3.89. The zero-order chi connectivity index (χ0) is 22.0. The van der Waals surface area contributed by atoms with Gasteiger partial charge in [-0.15, -0.1) is 0 Å². The van der Waals surface area contributed by atoms with Gasteiger partial charge in [0.05, 0.1) is 13.7 Å². The van der Waals surface area contributed by atoms with Crippen molar-refractivity contribution < 1.29 is 34.1 Å². The van der Waals surface area contributed by atoms with Crippen molar-refractivity contribution in [2.75, 3.05) is 13.7 Å². The highest BCUT2D eigenvalue weighted by Crippen LogP contribution is 2.25. The van der Waals surface area contributed by atoms with Crippen molar-refractivity contribution >= 4 is 23.8 Å². The number of ether oxygens (including phenoxy) is 1. The molecule has 1 unspecified atom stereocenters. The average Bonchev–Trinajstić information content (AvgIpc) is 2.72. The number of nitrogens with one attached hydrogen (secondary N) is 1. The Morgan fingerprint density at radius 3 is 2.47 bits per heavy atom. The first-order chi connectivity index (χ1) is 14.2. The Bertz CT molecular complexity index is 948. The van der Waals surface area contributed by atoms with Crippen LogP contribution in [0.4, 0.5) is 0 Å². The predicted molar refractivity (Wildman–Crippen MR) is 101 cm³/mol. The number of aromatic carboxylic acids is 1. The maximum atomic E-state index is 13.0. The number of hydrogen-bond acceptors (Lipinski definition) is 7. The van der Waals surface area contributed by atoms with E-state index in [1.165, 1.54) is 0 Å². The zero-order valence-corrected chi connectivity index (χ0v) is 16.4. The molecule has 0 radical (unpaired) electrons. The molecule has 1 aromatic rings. The highest BCUT2D eigenvalue weighted by Gasteiger charge is 2.41. The third-order valence-corrected chi connectivity index (χ3v) is 5.48. The van der Waals surface area contributed by atoms with E-state index in [0.29, 0.717) is 0 Å². The summed E-state index contributed by atoms with van der Waals surface area (Å²) in [5.74, 6) is -4.84. The number of aromatic hydroxyl groups is 1. The number of rotatable bonds is 5. The Labute approximate surface area is 171 Å². The summed E-state index contributed by atoms with van der Waals surface area (Å²) in [6, 6.07) is -1.20. The van der Waals surface area contributed by atoms with Crippen LogP contribution in [0.5, 0.6) is 5.75 Å². The van der Waals surface area contributed by atoms with Crippen LogP contribution < -0.4 is 10.7 Å². The summed E-state index contributed by atoms with van der Waals surface area (Å²) in [6.07, 6.45) is 5.56. The molecule has 2 amide bonds. The minimum Gasteiger partial charge on any atom is -0.503 e. The molecular weight excluding hydrogens is 398 g/mol. The molecule has 0 spiro atoms. The molecular formula is C19H23N3O8. The highest BCUT2D eigenvalue weighted by atomic mass is 16.5. The first kappa shape index (κ1) is 21.3. The Morgan fingerprint density at radius 1 is 1.20 bits per heavy atom. The first-order valence-electron chi connectivity index (χ1n) is 9.62. The predicted octanol–water partition coefficient (Wildman–Crippen LogP) is -0.302. The molecule has 2 heterocycles. The Morgan fingerprint density at radius 2 is 1.87 bits per heavy atom. The number of carboxylic acid groups (broad SMARTS) is 1. The number of amides is 2. The van der Waals surface area contributed by atoms with Gasteiger partial charge in [-0.05, 0) is 12.8 Å². The minimum absolute atomic E-state index is 0.0558. The molecule has 3 N–H and O–H groups in total. The van der Waals surface area contributed by atoms with Crippen molar-refractivity contribution in [3.63, 3.8) is 0 Å². The number of carbonyl (C=O) groups is 4. The van der Waals surface area contributed by atoms with Gasteiger partial charge >= 0.3 is 11.9 Å². The molecule has 1 aliphatic heterocycles. The summed E-state index contributed by atoms with van der Waals surface area (Å²) < 4.78 is 5.67. The highest BCUT2D eigenvalue weighted by molar-refractivity contribution is 6.02. The lowest BCUT2D eigenvalue weighted by Crippen LogP contribution is -2.58. The fourth-order valence-corrected chi connectivity index (χ4v) is 3.89. The number of hydrogen-bond donors (Lipinski definition) is 3.